The second-order valence-electron chi connectivity index (χ2n) is 3.35. The van der Waals surface area contributed by atoms with Gasteiger partial charge in [-0.05, 0) is 30.5 Å². The number of aromatic nitrogens is 1. The summed E-state index contributed by atoms with van der Waals surface area (Å²) in [5, 5.41) is 4.04. The third-order valence-corrected chi connectivity index (χ3v) is 1.47. The fourth-order valence-corrected chi connectivity index (χ4v) is 0.850. The summed E-state index contributed by atoms with van der Waals surface area (Å²) in [7, 11) is 0. The molecule has 0 aliphatic carbocycles. The van der Waals surface area contributed by atoms with Crippen LogP contribution in [-0.4, -0.2) is 11.2 Å². The molecule has 0 saturated heterocycles. The van der Waals surface area contributed by atoms with E-state index in [2.05, 4.69) is 29.4 Å². The van der Waals surface area contributed by atoms with Gasteiger partial charge in [0, 0.05) is 12.4 Å². The normalized spacial score (nSPS) is 11.1. The Bertz CT molecular complexity index is 292. The Morgan fingerprint density at radius 3 is 2.92 bits per heavy atom. The minimum atomic E-state index is 0.456. The van der Waals surface area contributed by atoms with Gasteiger partial charge in [0.1, 0.15) is 5.82 Å². The molecule has 0 saturated carbocycles. The van der Waals surface area contributed by atoms with Crippen molar-refractivity contribution in [2.24, 2.45) is 11.0 Å². The molecule has 0 fully saturated rings. The van der Waals surface area contributed by atoms with Crippen molar-refractivity contribution in [3.05, 3.63) is 23.9 Å². The van der Waals surface area contributed by atoms with Crippen molar-refractivity contribution in [3.8, 4) is 0 Å². The quantitative estimate of drug-likeness (QED) is 0.568. The third kappa shape index (κ3) is 3.69. The van der Waals surface area contributed by atoms with E-state index in [1.54, 1.807) is 6.20 Å². The Kier molecular flexibility index (Phi) is 3.43. The number of nitrogens with one attached hydrogen (secondary N) is 1. The van der Waals surface area contributed by atoms with Crippen molar-refractivity contribution < 1.29 is 0 Å². The first-order valence-electron chi connectivity index (χ1n) is 4.40. The zero-order valence-corrected chi connectivity index (χ0v) is 8.28. The summed E-state index contributed by atoms with van der Waals surface area (Å²) in [6.45, 7) is 6.18. The number of rotatable bonds is 3. The highest BCUT2D eigenvalue weighted by molar-refractivity contribution is 5.60. The predicted molar refractivity (Wildman–Crippen MR) is 55.9 cm³/mol. The Hall–Kier alpha value is -1.38. The van der Waals surface area contributed by atoms with Crippen molar-refractivity contribution in [1.29, 1.82) is 0 Å². The average Bonchev–Trinajstić information content (AvgIpc) is 2.03. The van der Waals surface area contributed by atoms with Crippen LogP contribution in [0.5, 0.6) is 0 Å². The first kappa shape index (κ1) is 9.71. The van der Waals surface area contributed by atoms with E-state index < -0.39 is 0 Å². The standard InChI is InChI=1S/C10H15N3/c1-8(2)7-12-13-10-6-9(3)4-5-11-10/h4-8H,1-3H3,(H,11,13)/b12-7+. The van der Waals surface area contributed by atoms with Crippen LogP contribution in [-0.2, 0) is 0 Å². The lowest BCUT2D eigenvalue weighted by molar-refractivity contribution is 0.903. The molecule has 0 bridgehead atoms. The van der Waals surface area contributed by atoms with Gasteiger partial charge >= 0.3 is 0 Å². The second-order valence-corrected chi connectivity index (χ2v) is 3.35. The van der Waals surface area contributed by atoms with Gasteiger partial charge in [-0.1, -0.05) is 13.8 Å². The molecule has 0 aliphatic rings. The molecule has 0 unspecified atom stereocenters. The number of hydrogen-bond donors (Lipinski definition) is 1. The van der Waals surface area contributed by atoms with Gasteiger partial charge in [0.05, 0.1) is 0 Å². The van der Waals surface area contributed by atoms with Crippen LogP contribution in [0, 0.1) is 12.8 Å². The molecule has 1 heterocycles. The van der Waals surface area contributed by atoms with Gasteiger partial charge in [-0.2, -0.15) is 5.10 Å². The van der Waals surface area contributed by atoms with E-state index >= 15 is 0 Å². The lowest BCUT2D eigenvalue weighted by Gasteiger charge is -2.00. The average molecular weight is 177 g/mol. The van der Waals surface area contributed by atoms with Crippen LogP contribution in [0.25, 0.3) is 0 Å². The van der Waals surface area contributed by atoms with Crippen LogP contribution in [0.15, 0.2) is 23.4 Å². The van der Waals surface area contributed by atoms with E-state index in [-0.39, 0.29) is 0 Å². The smallest absolute Gasteiger partial charge is 0.146 e. The Morgan fingerprint density at radius 1 is 1.54 bits per heavy atom. The largest absolute Gasteiger partial charge is 0.262 e. The molecule has 70 valence electrons. The van der Waals surface area contributed by atoms with Crippen LogP contribution < -0.4 is 5.43 Å². The van der Waals surface area contributed by atoms with Gasteiger partial charge in [0.25, 0.3) is 0 Å². The van der Waals surface area contributed by atoms with E-state index in [1.807, 2.05) is 25.3 Å². The van der Waals surface area contributed by atoms with Gasteiger partial charge in [0.15, 0.2) is 0 Å². The fraction of sp³-hybridized carbons (Fsp3) is 0.400. The summed E-state index contributed by atoms with van der Waals surface area (Å²) in [6, 6.07) is 3.91. The number of aryl methyl sites for hydroxylation is 1. The zero-order valence-electron chi connectivity index (χ0n) is 8.28. The van der Waals surface area contributed by atoms with Crippen molar-refractivity contribution in [2.75, 3.05) is 5.43 Å². The van der Waals surface area contributed by atoms with Crippen LogP contribution in [0.1, 0.15) is 19.4 Å². The number of hydrogen-bond acceptors (Lipinski definition) is 3. The molecule has 1 aromatic rings. The Labute approximate surface area is 78.9 Å². The van der Waals surface area contributed by atoms with Gasteiger partial charge in [-0.25, -0.2) is 4.98 Å². The fourth-order valence-electron chi connectivity index (χ4n) is 0.850. The molecule has 3 heteroatoms. The van der Waals surface area contributed by atoms with Crippen molar-refractivity contribution in [3.63, 3.8) is 0 Å². The summed E-state index contributed by atoms with van der Waals surface area (Å²) in [5.74, 6) is 1.24. The van der Waals surface area contributed by atoms with Gasteiger partial charge < -0.3 is 0 Å². The first-order chi connectivity index (χ1) is 6.18. The maximum Gasteiger partial charge on any atom is 0.146 e. The third-order valence-electron chi connectivity index (χ3n) is 1.47. The first-order valence-corrected chi connectivity index (χ1v) is 4.40. The summed E-state index contributed by atoms with van der Waals surface area (Å²) in [6.07, 6.45) is 3.62. The van der Waals surface area contributed by atoms with Crippen LogP contribution in [0.3, 0.4) is 0 Å². The van der Waals surface area contributed by atoms with Crippen LogP contribution >= 0.6 is 0 Å². The summed E-state index contributed by atoms with van der Waals surface area (Å²) < 4.78 is 0. The highest BCUT2D eigenvalue weighted by Crippen LogP contribution is 2.04. The van der Waals surface area contributed by atoms with Crippen molar-refractivity contribution >= 4 is 12.0 Å². The molecular weight excluding hydrogens is 162 g/mol. The molecule has 0 amide bonds. The van der Waals surface area contributed by atoms with E-state index in [0.717, 1.165) is 5.82 Å². The highest BCUT2D eigenvalue weighted by atomic mass is 15.3. The molecule has 0 atom stereocenters. The molecule has 0 radical (unpaired) electrons. The van der Waals surface area contributed by atoms with E-state index in [0.29, 0.717) is 5.92 Å². The van der Waals surface area contributed by atoms with E-state index in [1.165, 1.54) is 5.56 Å². The highest BCUT2D eigenvalue weighted by Gasteiger charge is 1.90. The molecule has 1 N–H and O–H groups in total. The minimum Gasteiger partial charge on any atom is -0.262 e. The summed E-state index contributed by atoms with van der Waals surface area (Å²) in [4.78, 5) is 4.11. The molecule has 3 nitrogen and oxygen atoms in total. The van der Waals surface area contributed by atoms with Crippen LogP contribution in [0.4, 0.5) is 5.82 Å². The monoisotopic (exact) mass is 177 g/mol. The van der Waals surface area contributed by atoms with Gasteiger partial charge in [0.2, 0.25) is 0 Å². The molecular formula is C10H15N3. The maximum absolute atomic E-state index is 4.11. The van der Waals surface area contributed by atoms with Crippen molar-refractivity contribution in [1.82, 2.24) is 4.98 Å². The van der Waals surface area contributed by atoms with E-state index in [4.69, 9.17) is 0 Å². The molecule has 0 aromatic carbocycles. The molecule has 0 spiro atoms. The molecule has 1 aromatic heterocycles. The summed E-state index contributed by atoms with van der Waals surface area (Å²) in [5.41, 5.74) is 4.05. The van der Waals surface area contributed by atoms with Crippen LogP contribution in [0.2, 0.25) is 0 Å². The second kappa shape index (κ2) is 4.60. The number of pyridine rings is 1. The Morgan fingerprint density at radius 2 is 2.31 bits per heavy atom. The number of anilines is 1. The predicted octanol–water partition coefficient (Wildman–Crippen LogP) is 2.44. The number of hydrazone groups is 1. The SMILES string of the molecule is Cc1ccnc(N/N=C/C(C)C)c1. The lowest BCUT2D eigenvalue weighted by Crippen LogP contribution is -1.95. The van der Waals surface area contributed by atoms with E-state index in [9.17, 15) is 0 Å². The topological polar surface area (TPSA) is 37.3 Å². The number of nitrogens with zero attached hydrogens (tertiary/aromatic N) is 2. The van der Waals surface area contributed by atoms with Crippen molar-refractivity contribution in [2.45, 2.75) is 20.8 Å². The van der Waals surface area contributed by atoms with Gasteiger partial charge in [-0.15, -0.1) is 0 Å². The molecule has 13 heavy (non-hydrogen) atoms. The summed E-state index contributed by atoms with van der Waals surface area (Å²) >= 11 is 0. The lowest BCUT2D eigenvalue weighted by atomic mass is 10.3. The van der Waals surface area contributed by atoms with Gasteiger partial charge in [-0.3, -0.25) is 5.43 Å². The minimum absolute atomic E-state index is 0.456. The zero-order chi connectivity index (χ0) is 9.68. The molecule has 1 rings (SSSR count). The maximum atomic E-state index is 4.11. The molecule has 0 aliphatic heterocycles. The Balaban J connectivity index is 2.55.